The van der Waals surface area contributed by atoms with Gasteiger partial charge in [-0.3, -0.25) is 0 Å². The minimum absolute atomic E-state index is 0.0249. The van der Waals surface area contributed by atoms with E-state index in [9.17, 15) is 10.2 Å². The molecular weight excluding hydrogens is 166 g/mol. The van der Waals surface area contributed by atoms with Gasteiger partial charge in [0.25, 0.3) is 0 Å². The van der Waals surface area contributed by atoms with E-state index >= 15 is 0 Å². The smallest absolute Gasteiger partial charge is 0.160 e. The zero-order valence-electron chi connectivity index (χ0n) is 7.70. The molecular formula is C10H15NO2. The second-order valence-electron chi connectivity index (χ2n) is 3.30. The second kappa shape index (κ2) is 4.14. The van der Waals surface area contributed by atoms with Gasteiger partial charge in [-0.15, -0.1) is 0 Å². The molecule has 0 saturated heterocycles. The molecule has 1 unspecified atom stereocenters. The Morgan fingerprint density at radius 1 is 1.38 bits per heavy atom. The lowest BCUT2D eigenvalue weighted by atomic mass is 10.1. The van der Waals surface area contributed by atoms with Crippen molar-refractivity contribution in [3.8, 4) is 11.5 Å². The van der Waals surface area contributed by atoms with Gasteiger partial charge in [-0.05, 0) is 31.4 Å². The van der Waals surface area contributed by atoms with Crippen LogP contribution in [0.5, 0.6) is 11.5 Å². The fourth-order valence-electron chi connectivity index (χ4n) is 1.16. The first kappa shape index (κ1) is 9.86. The first-order valence-electron chi connectivity index (χ1n) is 4.36. The van der Waals surface area contributed by atoms with Crippen LogP contribution < -0.4 is 5.73 Å². The van der Waals surface area contributed by atoms with Gasteiger partial charge in [0.1, 0.15) is 0 Å². The van der Waals surface area contributed by atoms with E-state index in [1.807, 2.05) is 6.92 Å². The van der Waals surface area contributed by atoms with Crippen molar-refractivity contribution in [2.24, 2.45) is 5.73 Å². The predicted molar refractivity (Wildman–Crippen MR) is 51.7 cm³/mol. The zero-order chi connectivity index (χ0) is 9.84. The lowest BCUT2D eigenvalue weighted by Gasteiger charge is -2.07. The molecule has 0 aromatic heterocycles. The van der Waals surface area contributed by atoms with Gasteiger partial charge >= 0.3 is 0 Å². The minimum atomic E-state index is -0.0674. The van der Waals surface area contributed by atoms with Crippen LogP contribution >= 0.6 is 0 Å². The summed E-state index contributed by atoms with van der Waals surface area (Å²) in [6.45, 7) is 1.92. The molecule has 0 heterocycles. The maximum Gasteiger partial charge on any atom is 0.160 e. The number of benzene rings is 1. The number of rotatable bonds is 3. The van der Waals surface area contributed by atoms with Gasteiger partial charge < -0.3 is 15.9 Å². The Labute approximate surface area is 77.8 Å². The van der Waals surface area contributed by atoms with E-state index in [1.165, 1.54) is 6.07 Å². The number of para-hydroxylation sites is 1. The molecule has 3 heteroatoms. The standard InChI is InChI=1S/C10H15NO2/c1-7(11)5-6-8-3-2-4-9(12)10(8)13/h2-4,7,12-13H,5-6,11H2,1H3. The van der Waals surface area contributed by atoms with Crippen LogP contribution in [-0.4, -0.2) is 16.3 Å². The molecule has 1 aromatic carbocycles. The highest BCUT2D eigenvalue weighted by atomic mass is 16.3. The van der Waals surface area contributed by atoms with E-state index < -0.39 is 0 Å². The number of phenols is 2. The zero-order valence-corrected chi connectivity index (χ0v) is 7.70. The fraction of sp³-hybridized carbons (Fsp3) is 0.400. The molecule has 0 aliphatic carbocycles. The minimum Gasteiger partial charge on any atom is -0.504 e. The van der Waals surface area contributed by atoms with E-state index in [4.69, 9.17) is 5.73 Å². The Morgan fingerprint density at radius 2 is 2.08 bits per heavy atom. The molecule has 4 N–H and O–H groups in total. The Bertz CT molecular complexity index is 284. The highest BCUT2D eigenvalue weighted by molar-refractivity contribution is 5.44. The molecule has 0 aliphatic heterocycles. The number of aryl methyl sites for hydroxylation is 1. The normalized spacial score (nSPS) is 12.8. The molecule has 13 heavy (non-hydrogen) atoms. The highest BCUT2D eigenvalue weighted by Gasteiger charge is 2.05. The van der Waals surface area contributed by atoms with Crippen molar-refractivity contribution in [3.05, 3.63) is 23.8 Å². The van der Waals surface area contributed by atoms with Crippen LogP contribution in [0.1, 0.15) is 18.9 Å². The van der Waals surface area contributed by atoms with E-state index in [0.29, 0.717) is 6.42 Å². The third-order valence-corrected chi connectivity index (χ3v) is 1.97. The first-order chi connectivity index (χ1) is 6.11. The molecule has 0 radical (unpaired) electrons. The molecule has 0 aliphatic rings. The van der Waals surface area contributed by atoms with Gasteiger partial charge in [-0.1, -0.05) is 12.1 Å². The third-order valence-electron chi connectivity index (χ3n) is 1.97. The largest absolute Gasteiger partial charge is 0.504 e. The summed E-state index contributed by atoms with van der Waals surface area (Å²) < 4.78 is 0. The fourth-order valence-corrected chi connectivity index (χ4v) is 1.16. The topological polar surface area (TPSA) is 66.5 Å². The lowest BCUT2D eigenvalue weighted by molar-refractivity contribution is 0.398. The van der Waals surface area contributed by atoms with Crippen LogP contribution in [-0.2, 0) is 6.42 Å². The molecule has 0 spiro atoms. The van der Waals surface area contributed by atoms with Crippen LogP contribution in [0.3, 0.4) is 0 Å². The van der Waals surface area contributed by atoms with Crippen LogP contribution in [0.25, 0.3) is 0 Å². The third kappa shape index (κ3) is 2.63. The van der Waals surface area contributed by atoms with Crippen molar-refractivity contribution in [2.75, 3.05) is 0 Å². The van der Waals surface area contributed by atoms with Gasteiger partial charge in [-0.25, -0.2) is 0 Å². The first-order valence-corrected chi connectivity index (χ1v) is 4.36. The van der Waals surface area contributed by atoms with Gasteiger partial charge in [-0.2, -0.15) is 0 Å². The molecule has 0 fully saturated rings. The van der Waals surface area contributed by atoms with Crippen LogP contribution in [0.2, 0.25) is 0 Å². The Hall–Kier alpha value is -1.22. The van der Waals surface area contributed by atoms with Crippen molar-refractivity contribution < 1.29 is 10.2 Å². The molecule has 0 amide bonds. The number of aromatic hydroxyl groups is 2. The summed E-state index contributed by atoms with van der Waals surface area (Å²) in [5, 5.41) is 18.6. The molecule has 1 aromatic rings. The van der Waals surface area contributed by atoms with Crippen molar-refractivity contribution >= 4 is 0 Å². The quantitative estimate of drug-likeness (QED) is 0.617. The lowest BCUT2D eigenvalue weighted by Crippen LogP contribution is -2.15. The summed E-state index contributed by atoms with van der Waals surface area (Å²) in [5.41, 5.74) is 6.33. The maximum atomic E-state index is 9.42. The van der Waals surface area contributed by atoms with E-state index in [1.54, 1.807) is 12.1 Å². The average molecular weight is 181 g/mol. The van der Waals surface area contributed by atoms with E-state index in [2.05, 4.69) is 0 Å². The Morgan fingerprint density at radius 3 is 2.69 bits per heavy atom. The molecule has 72 valence electrons. The summed E-state index contributed by atoms with van der Waals surface area (Å²) in [6, 6.07) is 5.08. The van der Waals surface area contributed by atoms with Gasteiger partial charge in [0.05, 0.1) is 0 Å². The average Bonchev–Trinajstić information content (AvgIpc) is 2.07. The van der Waals surface area contributed by atoms with Crippen LogP contribution in [0.4, 0.5) is 0 Å². The van der Waals surface area contributed by atoms with Crippen molar-refractivity contribution in [2.45, 2.75) is 25.8 Å². The summed E-state index contributed by atoms with van der Waals surface area (Å²) in [7, 11) is 0. The number of nitrogens with two attached hydrogens (primary N) is 1. The SMILES string of the molecule is CC(N)CCc1cccc(O)c1O. The molecule has 0 bridgehead atoms. The summed E-state index contributed by atoms with van der Waals surface area (Å²) in [4.78, 5) is 0. The Kier molecular flexibility index (Phi) is 3.14. The van der Waals surface area contributed by atoms with Crippen molar-refractivity contribution in [3.63, 3.8) is 0 Å². The van der Waals surface area contributed by atoms with Crippen molar-refractivity contribution in [1.82, 2.24) is 0 Å². The number of phenolic OH excluding ortho intramolecular Hbond substituents is 2. The van der Waals surface area contributed by atoms with Crippen molar-refractivity contribution in [1.29, 1.82) is 0 Å². The molecule has 3 nitrogen and oxygen atoms in total. The van der Waals surface area contributed by atoms with E-state index in [-0.39, 0.29) is 17.5 Å². The number of hydrogen-bond donors (Lipinski definition) is 3. The van der Waals surface area contributed by atoms with Gasteiger partial charge in [0.2, 0.25) is 0 Å². The highest BCUT2D eigenvalue weighted by Crippen LogP contribution is 2.28. The van der Waals surface area contributed by atoms with Gasteiger partial charge in [0, 0.05) is 6.04 Å². The van der Waals surface area contributed by atoms with Crippen LogP contribution in [0.15, 0.2) is 18.2 Å². The summed E-state index contributed by atoms with van der Waals surface area (Å²) in [6.07, 6.45) is 1.49. The molecule has 0 saturated carbocycles. The van der Waals surface area contributed by atoms with E-state index in [0.717, 1.165) is 12.0 Å². The van der Waals surface area contributed by atoms with Crippen LogP contribution in [0, 0.1) is 0 Å². The maximum absolute atomic E-state index is 9.42. The second-order valence-corrected chi connectivity index (χ2v) is 3.30. The Balaban J connectivity index is 2.71. The molecule has 1 rings (SSSR count). The summed E-state index contributed by atoms with van der Waals surface area (Å²) >= 11 is 0. The predicted octanol–water partition coefficient (Wildman–Crippen LogP) is 1.38. The van der Waals surface area contributed by atoms with Gasteiger partial charge in [0.15, 0.2) is 11.5 Å². The molecule has 1 atom stereocenters. The summed E-state index contributed by atoms with van der Waals surface area (Å²) in [5.74, 6) is -0.0923. The number of hydrogen-bond acceptors (Lipinski definition) is 3. The monoisotopic (exact) mass is 181 g/mol.